The maximum absolute atomic E-state index is 12.3. The molecule has 0 aliphatic carbocycles. The van der Waals surface area contributed by atoms with Crippen molar-refractivity contribution in [2.75, 3.05) is 11.1 Å². The molecule has 3 rings (SSSR count). The van der Waals surface area contributed by atoms with E-state index in [1.165, 1.54) is 11.8 Å². The van der Waals surface area contributed by atoms with Crippen molar-refractivity contribution in [2.45, 2.75) is 18.9 Å². The number of benzene rings is 2. The first-order chi connectivity index (χ1) is 12.5. The van der Waals surface area contributed by atoms with Crippen LogP contribution in [0.1, 0.15) is 16.7 Å². The number of anilines is 1. The number of aromatic nitrogens is 1. The van der Waals surface area contributed by atoms with E-state index >= 15 is 0 Å². The minimum absolute atomic E-state index is 0.144. The van der Waals surface area contributed by atoms with Gasteiger partial charge in [0.25, 0.3) is 0 Å². The second-order valence-electron chi connectivity index (χ2n) is 5.97. The number of carbonyl (C=O) groups excluding carboxylic acids is 1. The normalized spacial score (nSPS) is 10.5. The summed E-state index contributed by atoms with van der Waals surface area (Å²) in [6, 6.07) is 15.7. The molecule has 1 heterocycles. The topological polar surface area (TPSA) is 65.8 Å². The highest BCUT2D eigenvalue weighted by molar-refractivity contribution is 9.10. The molecule has 0 saturated heterocycles. The number of thioether (sulfide) groups is 1. The first-order valence-electron chi connectivity index (χ1n) is 7.96. The van der Waals surface area contributed by atoms with E-state index in [1.807, 2.05) is 56.3 Å². The Morgan fingerprint density at radius 1 is 1.19 bits per heavy atom. The number of nitriles is 1. The van der Waals surface area contributed by atoms with Crippen molar-refractivity contribution in [2.24, 2.45) is 0 Å². The Balaban J connectivity index is 1.76. The molecule has 1 amide bonds. The molecular formula is C20H16BrN3OS. The molecule has 0 spiro atoms. The van der Waals surface area contributed by atoms with Gasteiger partial charge in [-0.1, -0.05) is 30.0 Å². The Bertz CT molecular complexity index is 1040. The molecule has 4 nitrogen and oxygen atoms in total. The summed E-state index contributed by atoms with van der Waals surface area (Å²) in [6.45, 7) is 3.99. The summed E-state index contributed by atoms with van der Waals surface area (Å²) in [5, 5.41) is 13.8. The summed E-state index contributed by atoms with van der Waals surface area (Å²) in [4.78, 5) is 16.8. The predicted molar refractivity (Wildman–Crippen MR) is 109 cm³/mol. The molecule has 1 aromatic heterocycles. The van der Waals surface area contributed by atoms with E-state index in [0.29, 0.717) is 10.6 Å². The molecule has 2 aromatic carbocycles. The van der Waals surface area contributed by atoms with Crippen LogP contribution in [0.2, 0.25) is 0 Å². The lowest BCUT2D eigenvalue weighted by atomic mass is 10.1. The molecule has 0 unspecified atom stereocenters. The molecule has 0 fully saturated rings. The molecule has 130 valence electrons. The molecule has 0 aliphatic rings. The molecule has 6 heteroatoms. The molecule has 1 N–H and O–H groups in total. The number of nitrogens with zero attached hydrogens (tertiary/aromatic N) is 2. The number of hydrogen-bond acceptors (Lipinski definition) is 4. The zero-order valence-electron chi connectivity index (χ0n) is 14.3. The Hall–Kier alpha value is -2.36. The van der Waals surface area contributed by atoms with Gasteiger partial charge in [0.15, 0.2) is 0 Å². The predicted octanol–water partition coefficient (Wildman–Crippen LogP) is 5.22. The minimum Gasteiger partial charge on any atom is -0.324 e. The van der Waals surface area contributed by atoms with Crippen molar-refractivity contribution in [3.63, 3.8) is 0 Å². The van der Waals surface area contributed by atoms with Crippen molar-refractivity contribution >= 4 is 50.2 Å². The fourth-order valence-corrected chi connectivity index (χ4v) is 3.85. The van der Waals surface area contributed by atoms with Crippen LogP contribution in [0.3, 0.4) is 0 Å². The highest BCUT2D eigenvalue weighted by Crippen LogP contribution is 2.27. The van der Waals surface area contributed by atoms with Crippen LogP contribution < -0.4 is 5.32 Å². The minimum atomic E-state index is -0.144. The van der Waals surface area contributed by atoms with Gasteiger partial charge in [0, 0.05) is 9.86 Å². The Morgan fingerprint density at radius 2 is 1.92 bits per heavy atom. The van der Waals surface area contributed by atoms with E-state index in [0.717, 1.165) is 32.2 Å². The van der Waals surface area contributed by atoms with E-state index in [4.69, 9.17) is 0 Å². The van der Waals surface area contributed by atoms with Gasteiger partial charge in [-0.3, -0.25) is 4.79 Å². The first kappa shape index (κ1) is 18.4. The summed E-state index contributed by atoms with van der Waals surface area (Å²) in [5.41, 5.74) is 4.25. The lowest BCUT2D eigenvalue weighted by Crippen LogP contribution is -2.14. The van der Waals surface area contributed by atoms with Crippen molar-refractivity contribution in [1.82, 2.24) is 4.98 Å². The highest BCUT2D eigenvalue weighted by Gasteiger charge is 2.11. The van der Waals surface area contributed by atoms with Crippen LogP contribution in [0.25, 0.3) is 10.9 Å². The van der Waals surface area contributed by atoms with Crippen LogP contribution in [-0.2, 0) is 4.79 Å². The van der Waals surface area contributed by atoms with E-state index in [2.05, 4.69) is 32.3 Å². The monoisotopic (exact) mass is 425 g/mol. The number of aryl methyl sites for hydroxylation is 2. The number of amides is 1. The Morgan fingerprint density at radius 3 is 2.65 bits per heavy atom. The van der Waals surface area contributed by atoms with Gasteiger partial charge in [-0.05, 0) is 65.2 Å². The third-order valence-corrected chi connectivity index (χ3v) is 5.44. The van der Waals surface area contributed by atoms with Gasteiger partial charge >= 0.3 is 0 Å². The standard InChI is InChI=1S/C20H16BrN3OS/c1-12-4-6-17(16(21)7-12)23-19(25)11-26-20-15(10-22)9-14-5-3-13(2)8-18(14)24-20/h3-9H,11H2,1-2H3,(H,23,25). The van der Waals surface area contributed by atoms with Crippen molar-refractivity contribution in [3.8, 4) is 6.07 Å². The number of rotatable bonds is 4. The van der Waals surface area contributed by atoms with Gasteiger partial charge in [0.05, 0.1) is 22.5 Å². The third kappa shape index (κ3) is 4.24. The lowest BCUT2D eigenvalue weighted by Gasteiger charge is -2.09. The van der Waals surface area contributed by atoms with Gasteiger partial charge in [-0.15, -0.1) is 0 Å². The van der Waals surface area contributed by atoms with Crippen LogP contribution >= 0.6 is 27.7 Å². The van der Waals surface area contributed by atoms with Crippen LogP contribution in [0.4, 0.5) is 5.69 Å². The number of pyridine rings is 1. The Labute approximate surface area is 164 Å². The highest BCUT2D eigenvalue weighted by atomic mass is 79.9. The zero-order valence-corrected chi connectivity index (χ0v) is 16.7. The van der Waals surface area contributed by atoms with Crippen LogP contribution in [0, 0.1) is 25.2 Å². The maximum Gasteiger partial charge on any atom is 0.234 e. The molecule has 0 aliphatic heterocycles. The average Bonchev–Trinajstić information content (AvgIpc) is 2.61. The van der Waals surface area contributed by atoms with Crippen molar-refractivity contribution in [1.29, 1.82) is 5.26 Å². The van der Waals surface area contributed by atoms with Gasteiger partial charge in [0.2, 0.25) is 5.91 Å². The Kier molecular flexibility index (Phi) is 5.60. The summed E-state index contributed by atoms with van der Waals surface area (Å²) >= 11 is 4.72. The van der Waals surface area contributed by atoms with E-state index in [-0.39, 0.29) is 11.7 Å². The van der Waals surface area contributed by atoms with E-state index in [1.54, 1.807) is 0 Å². The van der Waals surface area contributed by atoms with E-state index < -0.39 is 0 Å². The van der Waals surface area contributed by atoms with Crippen molar-refractivity contribution < 1.29 is 4.79 Å². The first-order valence-corrected chi connectivity index (χ1v) is 9.74. The summed E-state index contributed by atoms with van der Waals surface area (Å²) in [6.07, 6.45) is 0. The smallest absolute Gasteiger partial charge is 0.234 e. The van der Waals surface area contributed by atoms with Gasteiger partial charge in [-0.25, -0.2) is 4.98 Å². The van der Waals surface area contributed by atoms with E-state index in [9.17, 15) is 10.1 Å². The van der Waals surface area contributed by atoms with Crippen LogP contribution in [-0.4, -0.2) is 16.6 Å². The van der Waals surface area contributed by atoms with Gasteiger partial charge < -0.3 is 5.32 Å². The van der Waals surface area contributed by atoms with Crippen molar-refractivity contribution in [3.05, 3.63) is 63.6 Å². The zero-order chi connectivity index (χ0) is 18.7. The fourth-order valence-electron chi connectivity index (χ4n) is 2.49. The number of nitrogens with one attached hydrogen (secondary N) is 1. The average molecular weight is 426 g/mol. The number of carbonyl (C=O) groups is 1. The molecule has 3 aromatic rings. The molecule has 0 radical (unpaired) electrons. The number of hydrogen-bond donors (Lipinski definition) is 1. The molecule has 0 saturated carbocycles. The van der Waals surface area contributed by atoms with Gasteiger partial charge in [0.1, 0.15) is 11.1 Å². The summed E-state index contributed by atoms with van der Waals surface area (Å²) in [7, 11) is 0. The van der Waals surface area contributed by atoms with Gasteiger partial charge in [-0.2, -0.15) is 5.26 Å². The molecule has 0 bridgehead atoms. The quantitative estimate of drug-likeness (QED) is 0.582. The molecule has 0 atom stereocenters. The second-order valence-corrected chi connectivity index (χ2v) is 7.79. The maximum atomic E-state index is 12.3. The van der Waals surface area contributed by atoms with Crippen LogP contribution in [0.5, 0.6) is 0 Å². The second kappa shape index (κ2) is 7.90. The largest absolute Gasteiger partial charge is 0.324 e. The third-order valence-electron chi connectivity index (χ3n) is 3.80. The summed E-state index contributed by atoms with van der Waals surface area (Å²) in [5.74, 6) is 0.0360. The summed E-state index contributed by atoms with van der Waals surface area (Å²) < 4.78 is 0.841. The fraction of sp³-hybridized carbons (Fsp3) is 0.150. The van der Waals surface area contributed by atoms with Crippen LogP contribution in [0.15, 0.2) is 52.0 Å². The SMILES string of the molecule is Cc1ccc(NC(=O)CSc2nc3cc(C)ccc3cc2C#N)c(Br)c1. The number of halogens is 1. The number of fused-ring (bicyclic) bond motifs is 1. The molecule has 26 heavy (non-hydrogen) atoms. The molecular weight excluding hydrogens is 410 g/mol. The lowest BCUT2D eigenvalue weighted by molar-refractivity contribution is -0.113.